The number of methoxy groups -OCH3 is 1. The third kappa shape index (κ3) is 4.72. The Morgan fingerprint density at radius 2 is 2.00 bits per heavy atom. The first-order valence-electron chi connectivity index (χ1n) is 6.60. The fraction of sp³-hybridized carbons (Fsp3) is 0.188. The molecule has 110 valence electrons. The average molecular weight is 302 g/mol. The minimum Gasteiger partial charge on any atom is -0.495 e. The van der Waals surface area contributed by atoms with E-state index in [1.807, 2.05) is 30.3 Å². The highest BCUT2D eigenvalue weighted by Gasteiger charge is 2.08. The van der Waals surface area contributed by atoms with E-state index in [2.05, 4.69) is 5.32 Å². The Bertz CT molecular complexity index is 602. The maximum Gasteiger partial charge on any atom is 0.225 e. The number of carbonyl (C=O) groups is 1. The summed E-state index contributed by atoms with van der Waals surface area (Å²) >= 11 is 1.66. The van der Waals surface area contributed by atoms with Gasteiger partial charge in [0.25, 0.3) is 0 Å². The van der Waals surface area contributed by atoms with Gasteiger partial charge in [0.2, 0.25) is 5.91 Å². The predicted molar refractivity (Wildman–Crippen MR) is 87.8 cm³/mol. The third-order valence-corrected chi connectivity index (χ3v) is 3.85. The summed E-state index contributed by atoms with van der Waals surface area (Å²) < 4.78 is 5.20. The number of benzene rings is 2. The number of thioether (sulfide) groups is 1. The zero-order chi connectivity index (χ0) is 15.1. The maximum atomic E-state index is 12.0. The molecule has 0 radical (unpaired) electrons. The predicted octanol–water partition coefficient (Wildman–Crippen LogP) is 3.40. The largest absolute Gasteiger partial charge is 0.495 e. The number of ether oxygens (including phenoxy) is 1. The normalized spacial score (nSPS) is 10.1. The second-order valence-corrected chi connectivity index (χ2v) is 5.59. The van der Waals surface area contributed by atoms with Crippen LogP contribution in [0.4, 0.5) is 11.4 Å². The fourth-order valence-electron chi connectivity index (χ4n) is 1.81. The van der Waals surface area contributed by atoms with Crippen LogP contribution in [0, 0.1) is 0 Å². The second kappa shape index (κ2) is 7.59. The van der Waals surface area contributed by atoms with Crippen LogP contribution in [0.2, 0.25) is 0 Å². The van der Waals surface area contributed by atoms with Crippen LogP contribution in [0.5, 0.6) is 5.75 Å². The lowest BCUT2D eigenvalue weighted by Crippen LogP contribution is -2.13. The Balaban J connectivity index is 1.86. The molecule has 0 aliphatic rings. The molecule has 0 atom stereocenters. The number of nitrogens with two attached hydrogens (primary N) is 1. The van der Waals surface area contributed by atoms with Crippen LogP contribution in [0.15, 0.2) is 53.4 Å². The van der Waals surface area contributed by atoms with E-state index in [-0.39, 0.29) is 5.91 Å². The van der Waals surface area contributed by atoms with Crippen molar-refractivity contribution in [3.63, 3.8) is 0 Å². The summed E-state index contributed by atoms with van der Waals surface area (Å²) in [5.41, 5.74) is 6.91. The highest BCUT2D eigenvalue weighted by Crippen LogP contribution is 2.27. The molecular formula is C16H18N2O2S. The molecule has 0 aliphatic heterocycles. The highest BCUT2D eigenvalue weighted by atomic mass is 32.2. The van der Waals surface area contributed by atoms with Crippen LogP contribution in [-0.2, 0) is 4.79 Å². The monoisotopic (exact) mass is 302 g/mol. The summed E-state index contributed by atoms with van der Waals surface area (Å²) in [4.78, 5) is 13.1. The number of hydrogen-bond acceptors (Lipinski definition) is 4. The van der Waals surface area contributed by atoms with Crippen molar-refractivity contribution < 1.29 is 9.53 Å². The van der Waals surface area contributed by atoms with Crippen molar-refractivity contribution in [2.75, 3.05) is 23.9 Å². The number of rotatable bonds is 6. The lowest BCUT2D eigenvalue weighted by atomic mass is 10.2. The van der Waals surface area contributed by atoms with Gasteiger partial charge in [-0.3, -0.25) is 4.79 Å². The molecule has 0 spiro atoms. The summed E-state index contributed by atoms with van der Waals surface area (Å²) in [5, 5.41) is 2.83. The van der Waals surface area contributed by atoms with E-state index in [1.165, 1.54) is 0 Å². The molecule has 0 bridgehead atoms. The molecule has 0 aliphatic carbocycles. The highest BCUT2D eigenvalue weighted by molar-refractivity contribution is 7.99. The van der Waals surface area contributed by atoms with Gasteiger partial charge in [-0.2, -0.15) is 0 Å². The van der Waals surface area contributed by atoms with Crippen molar-refractivity contribution in [3.8, 4) is 5.75 Å². The summed E-state index contributed by atoms with van der Waals surface area (Å²) in [5.74, 6) is 1.27. The van der Waals surface area contributed by atoms with E-state index in [1.54, 1.807) is 37.1 Å². The minimum absolute atomic E-state index is 0.0534. The van der Waals surface area contributed by atoms with Crippen molar-refractivity contribution in [1.82, 2.24) is 0 Å². The molecule has 0 aromatic heterocycles. The third-order valence-electron chi connectivity index (χ3n) is 2.84. The Labute approximate surface area is 128 Å². The molecule has 0 heterocycles. The zero-order valence-corrected chi connectivity index (χ0v) is 12.7. The number of nitrogen functional groups attached to an aromatic ring is 1. The van der Waals surface area contributed by atoms with E-state index in [9.17, 15) is 4.79 Å². The summed E-state index contributed by atoms with van der Waals surface area (Å²) in [6.07, 6.45) is 0.428. The number of anilines is 2. The molecule has 2 aromatic carbocycles. The molecule has 1 amide bonds. The maximum absolute atomic E-state index is 12.0. The lowest BCUT2D eigenvalue weighted by molar-refractivity contribution is -0.115. The molecule has 0 saturated carbocycles. The number of nitrogens with one attached hydrogen (secondary N) is 1. The van der Waals surface area contributed by atoms with Crippen LogP contribution in [0.3, 0.4) is 0 Å². The number of amides is 1. The van der Waals surface area contributed by atoms with Gasteiger partial charge in [-0.1, -0.05) is 18.2 Å². The fourth-order valence-corrected chi connectivity index (χ4v) is 2.69. The first kappa shape index (κ1) is 15.3. The topological polar surface area (TPSA) is 64.3 Å². The first-order valence-corrected chi connectivity index (χ1v) is 7.59. The Hall–Kier alpha value is -2.14. The van der Waals surface area contributed by atoms with Crippen molar-refractivity contribution in [3.05, 3.63) is 48.5 Å². The molecule has 5 heteroatoms. The molecule has 0 saturated heterocycles. The van der Waals surface area contributed by atoms with E-state index < -0.39 is 0 Å². The Kier molecular flexibility index (Phi) is 5.51. The number of carbonyl (C=O) groups excluding carboxylic acids is 1. The van der Waals surface area contributed by atoms with Crippen LogP contribution in [-0.4, -0.2) is 18.8 Å². The molecule has 0 fully saturated rings. The Morgan fingerprint density at radius 3 is 2.71 bits per heavy atom. The van der Waals surface area contributed by atoms with Gasteiger partial charge in [-0.05, 0) is 30.3 Å². The van der Waals surface area contributed by atoms with E-state index in [4.69, 9.17) is 10.5 Å². The standard InChI is InChI=1S/C16H18N2O2S/c1-20-15-8-7-12(17)11-14(15)18-16(19)9-10-21-13-5-3-2-4-6-13/h2-8,11H,9-10,17H2,1H3,(H,18,19). The average Bonchev–Trinajstić information content (AvgIpc) is 2.48. The van der Waals surface area contributed by atoms with E-state index >= 15 is 0 Å². The molecule has 21 heavy (non-hydrogen) atoms. The van der Waals surface area contributed by atoms with E-state index in [0.717, 1.165) is 10.6 Å². The molecular weight excluding hydrogens is 284 g/mol. The van der Waals surface area contributed by atoms with Gasteiger partial charge >= 0.3 is 0 Å². The van der Waals surface area contributed by atoms with Gasteiger partial charge in [0.05, 0.1) is 12.8 Å². The Morgan fingerprint density at radius 1 is 1.24 bits per heavy atom. The first-order chi connectivity index (χ1) is 10.2. The molecule has 0 unspecified atom stereocenters. The molecule has 2 rings (SSSR count). The zero-order valence-electron chi connectivity index (χ0n) is 11.8. The van der Waals surface area contributed by atoms with Crippen LogP contribution in [0.25, 0.3) is 0 Å². The van der Waals surface area contributed by atoms with Crippen molar-refractivity contribution in [2.45, 2.75) is 11.3 Å². The van der Waals surface area contributed by atoms with Gasteiger partial charge in [-0.25, -0.2) is 0 Å². The minimum atomic E-state index is -0.0534. The van der Waals surface area contributed by atoms with Gasteiger partial charge in [-0.15, -0.1) is 11.8 Å². The summed E-state index contributed by atoms with van der Waals surface area (Å²) in [6.45, 7) is 0. The molecule has 3 N–H and O–H groups in total. The SMILES string of the molecule is COc1ccc(N)cc1NC(=O)CCSc1ccccc1. The second-order valence-electron chi connectivity index (χ2n) is 4.42. The van der Waals surface area contributed by atoms with Crippen molar-refractivity contribution >= 4 is 29.0 Å². The van der Waals surface area contributed by atoms with Gasteiger partial charge in [0.1, 0.15) is 5.75 Å². The van der Waals surface area contributed by atoms with Crippen LogP contribution in [0.1, 0.15) is 6.42 Å². The van der Waals surface area contributed by atoms with Crippen LogP contribution >= 0.6 is 11.8 Å². The number of hydrogen-bond donors (Lipinski definition) is 2. The van der Waals surface area contributed by atoms with Crippen molar-refractivity contribution in [2.24, 2.45) is 0 Å². The smallest absolute Gasteiger partial charge is 0.225 e. The van der Waals surface area contributed by atoms with Gasteiger partial charge < -0.3 is 15.8 Å². The van der Waals surface area contributed by atoms with Crippen molar-refractivity contribution in [1.29, 1.82) is 0 Å². The van der Waals surface area contributed by atoms with E-state index in [0.29, 0.717) is 23.5 Å². The summed E-state index contributed by atoms with van der Waals surface area (Å²) in [7, 11) is 1.56. The van der Waals surface area contributed by atoms with Gasteiger partial charge in [0, 0.05) is 22.8 Å². The molecule has 2 aromatic rings. The summed E-state index contributed by atoms with van der Waals surface area (Å²) in [6, 6.07) is 15.2. The lowest BCUT2D eigenvalue weighted by Gasteiger charge is -2.10. The quantitative estimate of drug-likeness (QED) is 0.634. The van der Waals surface area contributed by atoms with Crippen LogP contribution < -0.4 is 15.8 Å². The molecule has 4 nitrogen and oxygen atoms in total. The van der Waals surface area contributed by atoms with Gasteiger partial charge in [0.15, 0.2) is 0 Å².